The molecule has 0 spiro atoms. The largest absolute Gasteiger partial charge is 0.353 e. The van der Waals surface area contributed by atoms with Gasteiger partial charge < -0.3 is 10.2 Å². The number of nitrogens with zero attached hydrogens (tertiary/aromatic N) is 2. The highest BCUT2D eigenvalue weighted by Gasteiger charge is 2.34. The molecule has 1 atom stereocenters. The number of piperazine rings is 1. The number of carbonyl (C=O) groups is 2. The van der Waals surface area contributed by atoms with Gasteiger partial charge in [0.2, 0.25) is 5.91 Å². The van der Waals surface area contributed by atoms with E-state index in [-0.39, 0.29) is 11.8 Å². The summed E-state index contributed by atoms with van der Waals surface area (Å²) in [6.45, 7) is 1.06. The molecule has 5 nitrogen and oxygen atoms in total. The molecule has 1 saturated heterocycles. The van der Waals surface area contributed by atoms with Crippen LogP contribution in [0.3, 0.4) is 0 Å². The van der Waals surface area contributed by atoms with Gasteiger partial charge in [-0.2, -0.15) is 0 Å². The van der Waals surface area contributed by atoms with Gasteiger partial charge in [0.15, 0.2) is 0 Å². The summed E-state index contributed by atoms with van der Waals surface area (Å²) in [5.41, 5.74) is 4.58. The van der Waals surface area contributed by atoms with Gasteiger partial charge in [-0.3, -0.25) is 14.6 Å². The van der Waals surface area contributed by atoms with Gasteiger partial charge in [0.25, 0.3) is 5.91 Å². The summed E-state index contributed by atoms with van der Waals surface area (Å²) < 4.78 is 0. The molecule has 1 aromatic carbocycles. The summed E-state index contributed by atoms with van der Waals surface area (Å²) in [5, 5.41) is 2.94. The first-order valence-electron chi connectivity index (χ1n) is 10.9. The number of amides is 2. The quantitative estimate of drug-likeness (QED) is 0.682. The minimum Gasteiger partial charge on any atom is -0.353 e. The number of aryl methyl sites for hydroxylation is 2. The maximum atomic E-state index is 13.4. The topological polar surface area (TPSA) is 62.3 Å². The highest BCUT2D eigenvalue weighted by atomic mass is 32.1. The lowest BCUT2D eigenvalue weighted by Crippen LogP contribution is -2.57. The summed E-state index contributed by atoms with van der Waals surface area (Å²) in [4.78, 5) is 34.0. The first-order chi connectivity index (χ1) is 15.2. The van der Waals surface area contributed by atoms with Crippen LogP contribution in [0, 0.1) is 0 Å². The number of carbonyl (C=O) groups excluding carboxylic acids is 2. The predicted molar refractivity (Wildman–Crippen MR) is 122 cm³/mol. The number of aromatic nitrogens is 1. The number of thiophene rings is 1. The van der Waals surface area contributed by atoms with E-state index >= 15 is 0 Å². The molecule has 5 rings (SSSR count). The fourth-order valence-electron chi connectivity index (χ4n) is 4.50. The molecule has 1 aliphatic carbocycles. The highest BCUT2D eigenvalue weighted by molar-refractivity contribution is 7.14. The van der Waals surface area contributed by atoms with Gasteiger partial charge in [0.1, 0.15) is 6.04 Å². The standard InChI is InChI=1S/C25H25N3O2S/c29-24-21(15-17-5-7-18(8-6-17)19-9-11-26-12-10-19)28(14-13-27-24)25(30)23-16-20-3-1-2-4-22(20)31-23/h5-12,16,21H,1-4,13-15H2,(H,27,29)/t21-/m1/s1. The normalized spacial score (nSPS) is 18.4. The van der Waals surface area contributed by atoms with Crippen molar-refractivity contribution in [3.63, 3.8) is 0 Å². The van der Waals surface area contributed by atoms with Gasteiger partial charge in [0.05, 0.1) is 4.88 Å². The summed E-state index contributed by atoms with van der Waals surface area (Å²) in [5.74, 6) is -0.0771. The molecule has 0 bridgehead atoms. The number of rotatable bonds is 4. The van der Waals surface area contributed by atoms with Gasteiger partial charge in [-0.1, -0.05) is 24.3 Å². The van der Waals surface area contributed by atoms with Gasteiger partial charge in [-0.25, -0.2) is 0 Å². The van der Waals surface area contributed by atoms with Gasteiger partial charge in [0, 0.05) is 36.8 Å². The zero-order chi connectivity index (χ0) is 21.2. The third kappa shape index (κ3) is 4.12. The van der Waals surface area contributed by atoms with Crippen LogP contribution in [0.2, 0.25) is 0 Å². The van der Waals surface area contributed by atoms with Gasteiger partial charge in [-0.15, -0.1) is 11.3 Å². The second-order valence-electron chi connectivity index (χ2n) is 8.21. The molecule has 3 aromatic rings. The van der Waals surface area contributed by atoms with Crippen molar-refractivity contribution in [2.75, 3.05) is 13.1 Å². The van der Waals surface area contributed by atoms with Crippen molar-refractivity contribution in [1.29, 1.82) is 0 Å². The van der Waals surface area contributed by atoms with E-state index in [1.165, 1.54) is 23.3 Å². The van der Waals surface area contributed by atoms with E-state index < -0.39 is 6.04 Å². The Hall–Kier alpha value is -2.99. The van der Waals surface area contributed by atoms with Crippen LogP contribution in [-0.2, 0) is 24.1 Å². The third-order valence-corrected chi connectivity index (χ3v) is 7.42. The molecule has 6 heteroatoms. The van der Waals surface area contributed by atoms with E-state index in [4.69, 9.17) is 0 Å². The Morgan fingerprint density at radius 2 is 1.81 bits per heavy atom. The molecule has 0 saturated carbocycles. The molecule has 2 aromatic heterocycles. The molecular weight excluding hydrogens is 406 g/mol. The summed E-state index contributed by atoms with van der Waals surface area (Å²) in [6.07, 6.45) is 8.60. The van der Waals surface area contributed by atoms with E-state index in [1.807, 2.05) is 24.3 Å². The lowest BCUT2D eigenvalue weighted by Gasteiger charge is -2.35. The van der Waals surface area contributed by atoms with E-state index in [0.717, 1.165) is 34.4 Å². The summed E-state index contributed by atoms with van der Waals surface area (Å²) in [7, 11) is 0. The second kappa shape index (κ2) is 8.63. The molecule has 1 aliphatic heterocycles. The number of benzene rings is 1. The Labute approximate surface area is 186 Å². The van der Waals surface area contributed by atoms with Crippen molar-refractivity contribution in [3.8, 4) is 11.1 Å². The molecule has 0 unspecified atom stereocenters. The molecule has 1 N–H and O–H groups in total. The van der Waals surface area contributed by atoms with E-state index in [2.05, 4.69) is 28.5 Å². The monoisotopic (exact) mass is 431 g/mol. The molecule has 158 valence electrons. The number of pyridine rings is 1. The van der Waals surface area contributed by atoms with E-state index in [9.17, 15) is 9.59 Å². The molecule has 0 radical (unpaired) electrons. The van der Waals surface area contributed by atoms with Crippen LogP contribution in [0.1, 0.15) is 38.5 Å². The lowest BCUT2D eigenvalue weighted by molar-refractivity contribution is -0.127. The fraction of sp³-hybridized carbons (Fsp3) is 0.320. The van der Waals surface area contributed by atoms with Gasteiger partial charge in [-0.05, 0) is 66.1 Å². The average molecular weight is 432 g/mol. The van der Waals surface area contributed by atoms with Crippen molar-refractivity contribution in [2.24, 2.45) is 0 Å². The van der Waals surface area contributed by atoms with Crippen molar-refractivity contribution in [1.82, 2.24) is 15.2 Å². The zero-order valence-corrected chi connectivity index (χ0v) is 18.2. The average Bonchev–Trinajstić information content (AvgIpc) is 3.25. The van der Waals surface area contributed by atoms with Crippen LogP contribution in [0.25, 0.3) is 11.1 Å². The molecule has 31 heavy (non-hydrogen) atoms. The maximum Gasteiger partial charge on any atom is 0.264 e. The Balaban J connectivity index is 1.35. The molecule has 2 aliphatic rings. The summed E-state index contributed by atoms with van der Waals surface area (Å²) >= 11 is 1.62. The van der Waals surface area contributed by atoms with E-state index in [0.29, 0.717) is 19.5 Å². The predicted octanol–water partition coefficient (Wildman–Crippen LogP) is 3.87. The van der Waals surface area contributed by atoms with Crippen LogP contribution in [0.5, 0.6) is 0 Å². The van der Waals surface area contributed by atoms with Crippen molar-refractivity contribution in [2.45, 2.75) is 38.1 Å². The Morgan fingerprint density at radius 3 is 2.58 bits per heavy atom. The fourth-order valence-corrected chi connectivity index (χ4v) is 5.71. The first kappa shape index (κ1) is 19.9. The second-order valence-corrected chi connectivity index (χ2v) is 9.35. The Morgan fingerprint density at radius 1 is 1.06 bits per heavy atom. The van der Waals surface area contributed by atoms with Crippen molar-refractivity contribution in [3.05, 3.63) is 75.7 Å². The van der Waals surface area contributed by atoms with E-state index in [1.54, 1.807) is 28.6 Å². The minimum absolute atomic E-state index is 0.00680. The van der Waals surface area contributed by atoms with Gasteiger partial charge >= 0.3 is 0 Å². The maximum absolute atomic E-state index is 13.4. The number of hydrogen-bond acceptors (Lipinski definition) is 4. The number of nitrogens with one attached hydrogen (secondary N) is 1. The van der Waals surface area contributed by atoms with Crippen LogP contribution in [0.15, 0.2) is 54.9 Å². The molecule has 1 fully saturated rings. The molecule has 2 amide bonds. The van der Waals surface area contributed by atoms with Crippen LogP contribution in [0.4, 0.5) is 0 Å². The zero-order valence-electron chi connectivity index (χ0n) is 17.3. The van der Waals surface area contributed by atoms with Crippen LogP contribution < -0.4 is 5.32 Å². The smallest absolute Gasteiger partial charge is 0.264 e. The Bertz CT molecular complexity index is 1070. The Kier molecular flexibility index (Phi) is 5.55. The van der Waals surface area contributed by atoms with Crippen molar-refractivity contribution < 1.29 is 9.59 Å². The first-order valence-corrected chi connectivity index (χ1v) is 11.7. The summed E-state index contributed by atoms with van der Waals surface area (Å²) in [6, 6.07) is 13.8. The van der Waals surface area contributed by atoms with Crippen LogP contribution in [-0.4, -0.2) is 40.8 Å². The lowest BCUT2D eigenvalue weighted by atomic mass is 9.98. The highest BCUT2D eigenvalue weighted by Crippen LogP contribution is 2.31. The minimum atomic E-state index is -0.479. The third-order valence-electron chi connectivity index (χ3n) is 6.20. The van der Waals surface area contributed by atoms with Crippen molar-refractivity contribution >= 4 is 23.2 Å². The SMILES string of the molecule is O=C1NCCN(C(=O)c2cc3c(s2)CCCC3)[C@@H]1Cc1ccc(-c2ccncc2)cc1. The number of hydrogen-bond donors (Lipinski definition) is 1. The van der Waals surface area contributed by atoms with Crippen LogP contribution >= 0.6 is 11.3 Å². The molecular formula is C25H25N3O2S. The number of fused-ring (bicyclic) bond motifs is 1. The molecule has 3 heterocycles.